The molecule has 0 spiro atoms. The molecule has 0 saturated heterocycles. The van der Waals surface area contributed by atoms with Crippen LogP contribution in [0, 0.1) is 0 Å². The lowest BCUT2D eigenvalue weighted by atomic mass is 10.3. The van der Waals surface area contributed by atoms with Crippen molar-refractivity contribution in [2.45, 2.75) is 12.6 Å². The molecule has 1 aromatic rings. The number of thiophene rings is 1. The molecule has 0 aromatic carbocycles. The zero-order chi connectivity index (χ0) is 12.7. The summed E-state index contributed by atoms with van der Waals surface area (Å²) in [5.41, 5.74) is 0. The number of hydrogen-bond donors (Lipinski definition) is 1. The van der Waals surface area contributed by atoms with Gasteiger partial charge in [0.2, 0.25) is 0 Å². The molecule has 0 bridgehead atoms. The number of halogens is 4. The van der Waals surface area contributed by atoms with Gasteiger partial charge in [-0.25, -0.2) is 0 Å². The Bertz CT molecular complexity index is 330. The van der Waals surface area contributed by atoms with Crippen LogP contribution < -0.4 is 5.32 Å². The van der Waals surface area contributed by atoms with E-state index in [0.717, 1.165) is 16.8 Å². The molecular formula is C10H13BrF3NOS. The van der Waals surface area contributed by atoms with Crippen LogP contribution in [0.1, 0.15) is 4.88 Å². The third-order valence-corrected chi connectivity index (χ3v) is 3.55. The number of hydrogen-bond acceptors (Lipinski definition) is 3. The van der Waals surface area contributed by atoms with Crippen molar-refractivity contribution < 1.29 is 17.9 Å². The van der Waals surface area contributed by atoms with Gasteiger partial charge in [0.25, 0.3) is 0 Å². The smallest absolute Gasteiger partial charge is 0.371 e. The summed E-state index contributed by atoms with van der Waals surface area (Å²) in [6.07, 6.45) is -3.36. The van der Waals surface area contributed by atoms with Crippen molar-refractivity contribution in [3.05, 3.63) is 20.8 Å². The van der Waals surface area contributed by atoms with Crippen molar-refractivity contribution in [2.75, 3.05) is 26.3 Å². The van der Waals surface area contributed by atoms with Crippen LogP contribution >= 0.6 is 27.3 Å². The largest absolute Gasteiger partial charge is 0.411 e. The van der Waals surface area contributed by atoms with Crippen molar-refractivity contribution in [2.24, 2.45) is 0 Å². The van der Waals surface area contributed by atoms with E-state index in [1.54, 1.807) is 11.3 Å². The van der Waals surface area contributed by atoms with Crippen molar-refractivity contribution in [1.29, 1.82) is 0 Å². The Hall–Kier alpha value is -0.110. The van der Waals surface area contributed by atoms with Crippen molar-refractivity contribution in [3.8, 4) is 0 Å². The van der Waals surface area contributed by atoms with E-state index >= 15 is 0 Å². The van der Waals surface area contributed by atoms with Crippen molar-refractivity contribution in [3.63, 3.8) is 0 Å². The van der Waals surface area contributed by atoms with Gasteiger partial charge >= 0.3 is 6.18 Å². The van der Waals surface area contributed by atoms with Gasteiger partial charge in [0.05, 0.1) is 10.4 Å². The van der Waals surface area contributed by atoms with Crippen LogP contribution in [-0.2, 0) is 11.2 Å². The minimum Gasteiger partial charge on any atom is -0.371 e. The van der Waals surface area contributed by atoms with Crippen LogP contribution in [0.4, 0.5) is 13.2 Å². The van der Waals surface area contributed by atoms with Crippen LogP contribution in [0.5, 0.6) is 0 Å². The molecule has 1 heterocycles. The minimum absolute atomic E-state index is 0.0770. The van der Waals surface area contributed by atoms with Gasteiger partial charge in [-0.15, -0.1) is 11.3 Å². The van der Waals surface area contributed by atoms with Crippen LogP contribution in [0.3, 0.4) is 0 Å². The van der Waals surface area contributed by atoms with Crippen LogP contribution in [0.15, 0.2) is 15.9 Å². The first kappa shape index (κ1) is 14.9. The lowest BCUT2D eigenvalue weighted by Gasteiger charge is -2.08. The number of ether oxygens (including phenoxy) is 1. The molecule has 1 rings (SSSR count). The normalized spacial score (nSPS) is 12.0. The average Bonchev–Trinajstić information content (AvgIpc) is 2.61. The molecule has 0 fully saturated rings. The quantitative estimate of drug-likeness (QED) is 0.774. The van der Waals surface area contributed by atoms with E-state index in [0.29, 0.717) is 6.54 Å². The zero-order valence-electron chi connectivity index (χ0n) is 9.02. The maximum Gasteiger partial charge on any atom is 0.411 e. The molecule has 0 atom stereocenters. The summed E-state index contributed by atoms with van der Waals surface area (Å²) in [4.78, 5) is 1.24. The first-order valence-electron chi connectivity index (χ1n) is 5.07. The first-order chi connectivity index (χ1) is 7.97. The van der Waals surface area contributed by atoms with E-state index < -0.39 is 12.8 Å². The second kappa shape index (κ2) is 7.35. The number of rotatable bonds is 7. The Morgan fingerprint density at radius 1 is 1.29 bits per heavy atom. The molecule has 0 aliphatic rings. The second-order valence-corrected chi connectivity index (χ2v) is 5.92. The van der Waals surface area contributed by atoms with Gasteiger partial charge in [0, 0.05) is 18.0 Å². The highest BCUT2D eigenvalue weighted by Gasteiger charge is 2.27. The molecule has 98 valence electrons. The molecule has 0 unspecified atom stereocenters. The number of alkyl halides is 3. The molecule has 1 N–H and O–H groups in total. The third-order valence-electron chi connectivity index (χ3n) is 1.87. The van der Waals surface area contributed by atoms with Crippen LogP contribution in [0.25, 0.3) is 0 Å². The van der Waals surface area contributed by atoms with E-state index in [-0.39, 0.29) is 6.61 Å². The molecule has 0 aliphatic carbocycles. The number of nitrogens with one attached hydrogen (secondary N) is 1. The molecule has 0 saturated carbocycles. The Labute approximate surface area is 110 Å². The fourth-order valence-corrected chi connectivity index (χ4v) is 2.64. The van der Waals surface area contributed by atoms with E-state index in [2.05, 4.69) is 26.0 Å². The second-order valence-electron chi connectivity index (χ2n) is 3.37. The van der Waals surface area contributed by atoms with Crippen LogP contribution in [0.2, 0.25) is 0 Å². The maximum atomic E-state index is 11.7. The summed E-state index contributed by atoms with van der Waals surface area (Å²) in [6, 6.07) is 4.00. The summed E-state index contributed by atoms with van der Waals surface area (Å²) in [5, 5.41) is 3.03. The summed E-state index contributed by atoms with van der Waals surface area (Å²) in [7, 11) is 0. The topological polar surface area (TPSA) is 21.3 Å². The van der Waals surface area contributed by atoms with Crippen molar-refractivity contribution >= 4 is 27.3 Å². The van der Waals surface area contributed by atoms with Gasteiger partial charge < -0.3 is 10.1 Å². The molecule has 0 aliphatic heterocycles. The molecule has 1 aromatic heterocycles. The summed E-state index contributed by atoms with van der Waals surface area (Å²) in [5.74, 6) is 0. The van der Waals surface area contributed by atoms with Gasteiger partial charge in [0.15, 0.2) is 0 Å². The highest BCUT2D eigenvalue weighted by molar-refractivity contribution is 9.11. The highest BCUT2D eigenvalue weighted by Crippen LogP contribution is 2.21. The predicted octanol–water partition coefficient (Wildman–Crippen LogP) is 3.22. The SMILES string of the molecule is FC(F)(F)COCCNCCc1ccc(Br)s1. The molecule has 7 heteroatoms. The van der Waals surface area contributed by atoms with Gasteiger partial charge in [-0.1, -0.05) is 0 Å². The summed E-state index contributed by atoms with van der Waals surface area (Å²) >= 11 is 5.02. The van der Waals surface area contributed by atoms with E-state index in [4.69, 9.17) is 0 Å². The standard InChI is InChI=1S/C10H13BrF3NOS/c11-9-2-1-8(17-9)3-4-15-5-6-16-7-10(12,13)14/h1-2,15H,3-7H2. The Morgan fingerprint density at radius 3 is 2.65 bits per heavy atom. The highest BCUT2D eigenvalue weighted by atomic mass is 79.9. The summed E-state index contributed by atoms with van der Waals surface area (Å²) in [6.45, 7) is 0.0746. The Balaban J connectivity index is 1.95. The molecule has 0 radical (unpaired) electrons. The fourth-order valence-electron chi connectivity index (χ4n) is 1.15. The van der Waals surface area contributed by atoms with Crippen LogP contribution in [-0.4, -0.2) is 32.5 Å². The van der Waals surface area contributed by atoms with E-state index in [1.807, 2.05) is 12.1 Å². The zero-order valence-corrected chi connectivity index (χ0v) is 11.4. The van der Waals surface area contributed by atoms with Gasteiger partial charge in [-0.05, 0) is 34.5 Å². The predicted molar refractivity (Wildman–Crippen MR) is 65.5 cm³/mol. The Kier molecular flexibility index (Phi) is 6.47. The first-order valence-corrected chi connectivity index (χ1v) is 6.68. The monoisotopic (exact) mass is 331 g/mol. The molecule has 2 nitrogen and oxygen atoms in total. The maximum absolute atomic E-state index is 11.7. The van der Waals surface area contributed by atoms with Gasteiger partial charge in [-0.2, -0.15) is 13.2 Å². The lowest BCUT2D eigenvalue weighted by molar-refractivity contribution is -0.173. The fraction of sp³-hybridized carbons (Fsp3) is 0.600. The Morgan fingerprint density at radius 2 is 2.06 bits per heavy atom. The summed E-state index contributed by atoms with van der Waals surface area (Å²) < 4.78 is 40.7. The molecular weight excluding hydrogens is 319 g/mol. The van der Waals surface area contributed by atoms with Gasteiger partial charge in [-0.3, -0.25) is 0 Å². The molecule has 17 heavy (non-hydrogen) atoms. The van der Waals surface area contributed by atoms with Gasteiger partial charge in [0.1, 0.15) is 6.61 Å². The van der Waals surface area contributed by atoms with E-state index in [9.17, 15) is 13.2 Å². The lowest BCUT2D eigenvalue weighted by Crippen LogP contribution is -2.25. The molecule has 0 amide bonds. The third kappa shape index (κ3) is 7.75. The van der Waals surface area contributed by atoms with E-state index in [1.165, 1.54) is 4.88 Å². The van der Waals surface area contributed by atoms with Crippen molar-refractivity contribution in [1.82, 2.24) is 5.32 Å². The average molecular weight is 332 g/mol. The minimum atomic E-state index is -4.23.